The summed E-state index contributed by atoms with van der Waals surface area (Å²) in [5, 5.41) is 0. The van der Waals surface area contributed by atoms with E-state index in [9.17, 15) is 9.59 Å². The van der Waals surface area contributed by atoms with Gasteiger partial charge in [0.05, 0.1) is 12.7 Å². The quantitative estimate of drug-likeness (QED) is 0.734. The lowest BCUT2D eigenvalue weighted by Gasteiger charge is -2.09. The maximum Gasteiger partial charge on any atom is 0.203 e. The molecule has 4 nitrogen and oxygen atoms in total. The van der Waals surface area contributed by atoms with E-state index in [0.29, 0.717) is 29.0 Å². The lowest BCUT2D eigenvalue weighted by atomic mass is 10.1. The highest BCUT2D eigenvalue weighted by Gasteiger charge is 2.12. The molecular weight excluding hydrogens is 280 g/mol. The molecule has 0 spiro atoms. The van der Waals surface area contributed by atoms with E-state index >= 15 is 0 Å². The van der Waals surface area contributed by atoms with Crippen LogP contribution in [0.5, 0.6) is 11.5 Å². The fourth-order valence-electron chi connectivity index (χ4n) is 2.04. The van der Waals surface area contributed by atoms with Gasteiger partial charge in [0.2, 0.25) is 5.78 Å². The van der Waals surface area contributed by atoms with Crippen molar-refractivity contribution in [2.75, 3.05) is 13.7 Å². The van der Waals surface area contributed by atoms with Crippen LogP contribution in [0.2, 0.25) is 0 Å². The highest BCUT2D eigenvalue weighted by atomic mass is 16.5. The van der Waals surface area contributed by atoms with Crippen molar-refractivity contribution in [3.8, 4) is 11.5 Å². The Bertz CT molecular complexity index is 659. The van der Waals surface area contributed by atoms with Crippen molar-refractivity contribution in [3.05, 3.63) is 59.7 Å². The summed E-state index contributed by atoms with van der Waals surface area (Å²) >= 11 is 0. The first-order valence-corrected chi connectivity index (χ1v) is 7.08. The Balaban J connectivity index is 2.00. The summed E-state index contributed by atoms with van der Waals surface area (Å²) in [6, 6.07) is 13.8. The minimum absolute atomic E-state index is 0.0802. The zero-order valence-electron chi connectivity index (χ0n) is 12.7. The molecule has 0 saturated carbocycles. The van der Waals surface area contributed by atoms with Crippen LogP contribution in [0, 0.1) is 0 Å². The summed E-state index contributed by atoms with van der Waals surface area (Å²) in [5.74, 6) is 0.999. The minimum Gasteiger partial charge on any atom is -0.496 e. The first kappa shape index (κ1) is 15.8. The number of carbonyl (C=O) groups excluding carboxylic acids is 2. The van der Waals surface area contributed by atoms with Gasteiger partial charge in [-0.1, -0.05) is 19.1 Å². The highest BCUT2D eigenvalue weighted by molar-refractivity contribution is 5.99. The number of benzene rings is 2. The molecule has 0 amide bonds. The Morgan fingerprint density at radius 1 is 0.955 bits per heavy atom. The maximum atomic E-state index is 12.2. The van der Waals surface area contributed by atoms with E-state index in [2.05, 4.69) is 0 Å². The predicted octanol–water partition coefficient (Wildman–Crippen LogP) is 3.55. The van der Waals surface area contributed by atoms with Crippen molar-refractivity contribution < 1.29 is 19.1 Å². The van der Waals surface area contributed by atoms with Gasteiger partial charge >= 0.3 is 0 Å². The van der Waals surface area contributed by atoms with Crippen LogP contribution in [0.4, 0.5) is 0 Å². The fraction of sp³-hybridized carbons (Fsp3) is 0.222. The van der Waals surface area contributed by atoms with E-state index in [0.717, 1.165) is 0 Å². The number of methoxy groups -OCH3 is 1. The molecular formula is C18H18O4. The molecule has 0 heterocycles. The summed E-state index contributed by atoms with van der Waals surface area (Å²) in [7, 11) is 1.52. The standard InChI is InChI=1S/C18H18O4/c1-3-16(19)13-8-10-14(11-9-13)22-12-17(20)15-6-4-5-7-18(15)21-2/h4-11H,3,12H2,1-2H3. The molecule has 22 heavy (non-hydrogen) atoms. The van der Waals surface area contributed by atoms with Crippen molar-refractivity contribution in [3.63, 3.8) is 0 Å². The van der Waals surface area contributed by atoms with Crippen molar-refractivity contribution in [2.24, 2.45) is 0 Å². The van der Waals surface area contributed by atoms with E-state index in [1.165, 1.54) is 7.11 Å². The molecule has 0 atom stereocenters. The van der Waals surface area contributed by atoms with Crippen LogP contribution in [-0.2, 0) is 0 Å². The first-order chi connectivity index (χ1) is 10.7. The zero-order chi connectivity index (χ0) is 15.9. The maximum absolute atomic E-state index is 12.2. The van der Waals surface area contributed by atoms with Crippen LogP contribution in [0.15, 0.2) is 48.5 Å². The number of ether oxygens (including phenoxy) is 2. The monoisotopic (exact) mass is 298 g/mol. The fourth-order valence-corrected chi connectivity index (χ4v) is 2.04. The summed E-state index contributed by atoms with van der Waals surface area (Å²) in [6.07, 6.45) is 0.465. The van der Waals surface area contributed by atoms with Gasteiger partial charge in [-0.3, -0.25) is 9.59 Å². The Morgan fingerprint density at radius 3 is 2.27 bits per heavy atom. The molecule has 0 aliphatic rings. The largest absolute Gasteiger partial charge is 0.496 e. The lowest BCUT2D eigenvalue weighted by Crippen LogP contribution is -2.12. The molecule has 0 N–H and O–H groups in total. The molecule has 114 valence electrons. The smallest absolute Gasteiger partial charge is 0.203 e. The molecule has 0 aliphatic heterocycles. The molecule has 2 aromatic rings. The topological polar surface area (TPSA) is 52.6 Å². The van der Waals surface area contributed by atoms with Crippen LogP contribution >= 0.6 is 0 Å². The van der Waals surface area contributed by atoms with E-state index in [1.54, 1.807) is 48.5 Å². The summed E-state index contributed by atoms with van der Waals surface area (Å²) in [6.45, 7) is 1.74. The summed E-state index contributed by atoms with van der Waals surface area (Å²) in [4.78, 5) is 23.7. The third kappa shape index (κ3) is 3.73. The summed E-state index contributed by atoms with van der Waals surface area (Å²) < 4.78 is 10.6. The Hall–Kier alpha value is -2.62. The average Bonchev–Trinajstić information content (AvgIpc) is 2.59. The van der Waals surface area contributed by atoms with Gasteiger partial charge < -0.3 is 9.47 Å². The summed E-state index contributed by atoms with van der Waals surface area (Å²) in [5.41, 5.74) is 1.13. The third-order valence-electron chi connectivity index (χ3n) is 3.27. The van der Waals surface area contributed by atoms with Gasteiger partial charge in [-0.05, 0) is 36.4 Å². The third-order valence-corrected chi connectivity index (χ3v) is 3.27. The van der Waals surface area contributed by atoms with Crippen LogP contribution in [-0.4, -0.2) is 25.3 Å². The minimum atomic E-state index is -0.161. The SMILES string of the molecule is CCC(=O)c1ccc(OCC(=O)c2ccccc2OC)cc1. The molecule has 2 aromatic carbocycles. The van der Waals surface area contributed by atoms with Gasteiger partial charge in [-0.15, -0.1) is 0 Å². The van der Waals surface area contributed by atoms with Gasteiger partial charge in [0.15, 0.2) is 12.4 Å². The van der Waals surface area contributed by atoms with E-state index < -0.39 is 0 Å². The number of hydrogen-bond donors (Lipinski definition) is 0. The number of para-hydroxylation sites is 1. The van der Waals surface area contributed by atoms with Crippen LogP contribution in [0.3, 0.4) is 0 Å². The van der Waals surface area contributed by atoms with Crippen molar-refractivity contribution in [1.29, 1.82) is 0 Å². The molecule has 4 heteroatoms. The number of carbonyl (C=O) groups is 2. The Kier molecular flexibility index (Phi) is 5.31. The zero-order valence-corrected chi connectivity index (χ0v) is 12.7. The first-order valence-electron chi connectivity index (χ1n) is 7.08. The van der Waals surface area contributed by atoms with Gasteiger partial charge in [0.25, 0.3) is 0 Å². The molecule has 0 aliphatic carbocycles. The molecule has 0 fully saturated rings. The van der Waals surface area contributed by atoms with Gasteiger partial charge in [0, 0.05) is 12.0 Å². The predicted molar refractivity (Wildman–Crippen MR) is 83.9 cm³/mol. The molecule has 2 rings (SSSR count). The second-order valence-electron chi connectivity index (χ2n) is 4.71. The van der Waals surface area contributed by atoms with E-state index in [1.807, 2.05) is 6.92 Å². The molecule has 0 unspecified atom stereocenters. The van der Waals surface area contributed by atoms with Gasteiger partial charge in [0.1, 0.15) is 11.5 Å². The Labute approximate surface area is 129 Å². The second kappa shape index (κ2) is 7.41. The lowest BCUT2D eigenvalue weighted by molar-refractivity contribution is 0.0917. The van der Waals surface area contributed by atoms with E-state index in [-0.39, 0.29) is 18.2 Å². The van der Waals surface area contributed by atoms with Crippen LogP contribution in [0.1, 0.15) is 34.1 Å². The van der Waals surface area contributed by atoms with Crippen LogP contribution in [0.25, 0.3) is 0 Å². The molecule has 0 aromatic heterocycles. The van der Waals surface area contributed by atoms with Crippen LogP contribution < -0.4 is 9.47 Å². The van der Waals surface area contributed by atoms with Crippen molar-refractivity contribution in [2.45, 2.75) is 13.3 Å². The Morgan fingerprint density at radius 2 is 1.64 bits per heavy atom. The number of rotatable bonds is 7. The second-order valence-corrected chi connectivity index (χ2v) is 4.71. The van der Waals surface area contributed by atoms with Gasteiger partial charge in [-0.2, -0.15) is 0 Å². The number of Topliss-reactive ketones (excluding diaryl/α,β-unsaturated/α-hetero) is 2. The van der Waals surface area contributed by atoms with E-state index in [4.69, 9.17) is 9.47 Å². The molecule has 0 saturated heterocycles. The van der Waals surface area contributed by atoms with Gasteiger partial charge in [-0.25, -0.2) is 0 Å². The van der Waals surface area contributed by atoms with Crippen molar-refractivity contribution >= 4 is 11.6 Å². The normalized spacial score (nSPS) is 10.1. The number of ketones is 2. The molecule has 0 radical (unpaired) electrons. The number of hydrogen-bond acceptors (Lipinski definition) is 4. The average molecular weight is 298 g/mol. The molecule has 0 bridgehead atoms. The highest BCUT2D eigenvalue weighted by Crippen LogP contribution is 2.19. The van der Waals surface area contributed by atoms with Crippen molar-refractivity contribution in [1.82, 2.24) is 0 Å².